The molecule has 0 saturated carbocycles. The number of nitrogens with zero attached hydrogens (tertiary/aromatic N) is 3. The zero-order valence-electron chi connectivity index (χ0n) is 9.06. The molecular weight excluding hydrogens is 208 g/mol. The highest BCUT2D eigenvalue weighted by atomic mass is 32.1. The second kappa shape index (κ2) is 4.02. The summed E-state index contributed by atoms with van der Waals surface area (Å²) in [5.41, 5.74) is 0. The summed E-state index contributed by atoms with van der Waals surface area (Å²) in [6.07, 6.45) is 5.60. The molecule has 1 atom stereocenters. The van der Waals surface area contributed by atoms with Crippen LogP contribution in [0.2, 0.25) is 0 Å². The van der Waals surface area contributed by atoms with Crippen LogP contribution in [-0.2, 0) is 7.05 Å². The van der Waals surface area contributed by atoms with Crippen LogP contribution in [0.15, 0.2) is 18.6 Å². The predicted molar refractivity (Wildman–Crippen MR) is 62.1 cm³/mol. The molecular formula is C10H14N4S. The second-order valence-corrected chi connectivity index (χ2v) is 4.80. The fraction of sp³-hybridized carbons (Fsp3) is 0.400. The first-order valence-corrected chi connectivity index (χ1v) is 5.64. The van der Waals surface area contributed by atoms with Crippen LogP contribution in [0, 0.1) is 6.92 Å². The van der Waals surface area contributed by atoms with Crippen molar-refractivity contribution in [2.75, 3.05) is 5.32 Å². The summed E-state index contributed by atoms with van der Waals surface area (Å²) in [5, 5.41) is 4.41. The van der Waals surface area contributed by atoms with Gasteiger partial charge in [0.25, 0.3) is 0 Å². The van der Waals surface area contributed by atoms with Crippen molar-refractivity contribution < 1.29 is 0 Å². The molecule has 0 saturated heterocycles. The van der Waals surface area contributed by atoms with Gasteiger partial charge in [0.05, 0.1) is 6.04 Å². The van der Waals surface area contributed by atoms with Crippen molar-refractivity contribution in [3.05, 3.63) is 28.5 Å². The number of anilines is 1. The van der Waals surface area contributed by atoms with Crippen molar-refractivity contribution in [2.45, 2.75) is 19.9 Å². The molecule has 0 bridgehead atoms. The maximum absolute atomic E-state index is 4.34. The van der Waals surface area contributed by atoms with Gasteiger partial charge >= 0.3 is 0 Å². The van der Waals surface area contributed by atoms with E-state index in [1.807, 2.05) is 24.0 Å². The monoisotopic (exact) mass is 222 g/mol. The summed E-state index contributed by atoms with van der Waals surface area (Å²) in [6, 6.07) is 0.199. The summed E-state index contributed by atoms with van der Waals surface area (Å²) in [6.45, 7) is 4.15. The van der Waals surface area contributed by atoms with E-state index in [2.05, 4.69) is 29.1 Å². The van der Waals surface area contributed by atoms with E-state index < -0.39 is 0 Å². The third kappa shape index (κ3) is 2.18. The van der Waals surface area contributed by atoms with Crippen LogP contribution in [-0.4, -0.2) is 14.5 Å². The fourth-order valence-electron chi connectivity index (χ4n) is 1.33. The number of hydrogen-bond donors (Lipinski definition) is 1. The molecule has 1 unspecified atom stereocenters. The number of nitrogens with one attached hydrogen (secondary N) is 1. The standard InChI is InChI=1S/C10H14N4S/c1-7-6-12-9(15-7)8(2)13-10-11-4-5-14(10)3/h4-6,8H,1-3H3,(H,11,13). The third-order valence-electron chi connectivity index (χ3n) is 2.18. The van der Waals surface area contributed by atoms with E-state index in [9.17, 15) is 0 Å². The van der Waals surface area contributed by atoms with Gasteiger partial charge in [0.2, 0.25) is 5.95 Å². The fourth-order valence-corrected chi connectivity index (χ4v) is 2.11. The Morgan fingerprint density at radius 1 is 1.47 bits per heavy atom. The molecule has 0 aliphatic rings. The Balaban J connectivity index is 2.10. The number of imidazole rings is 1. The highest BCUT2D eigenvalue weighted by molar-refractivity contribution is 7.11. The molecule has 2 rings (SSSR count). The summed E-state index contributed by atoms with van der Waals surface area (Å²) in [4.78, 5) is 9.80. The topological polar surface area (TPSA) is 42.7 Å². The van der Waals surface area contributed by atoms with Crippen LogP contribution in [0.25, 0.3) is 0 Å². The lowest BCUT2D eigenvalue weighted by Gasteiger charge is -2.11. The van der Waals surface area contributed by atoms with E-state index in [-0.39, 0.29) is 6.04 Å². The lowest BCUT2D eigenvalue weighted by Crippen LogP contribution is -2.09. The molecule has 0 aromatic carbocycles. The van der Waals surface area contributed by atoms with Gasteiger partial charge in [-0.15, -0.1) is 11.3 Å². The minimum atomic E-state index is 0.199. The van der Waals surface area contributed by atoms with E-state index in [4.69, 9.17) is 0 Å². The van der Waals surface area contributed by atoms with Crippen molar-refractivity contribution in [3.63, 3.8) is 0 Å². The van der Waals surface area contributed by atoms with Crippen LogP contribution in [0.5, 0.6) is 0 Å². The van der Waals surface area contributed by atoms with Gasteiger partial charge in [-0.1, -0.05) is 0 Å². The number of aromatic nitrogens is 3. The van der Waals surface area contributed by atoms with E-state index in [0.29, 0.717) is 0 Å². The molecule has 4 nitrogen and oxygen atoms in total. The number of rotatable bonds is 3. The SMILES string of the molecule is Cc1cnc(C(C)Nc2nccn2C)s1. The molecule has 15 heavy (non-hydrogen) atoms. The normalized spacial score (nSPS) is 12.7. The molecule has 1 N–H and O–H groups in total. The first kappa shape index (κ1) is 10.2. The lowest BCUT2D eigenvalue weighted by molar-refractivity contribution is 0.815. The molecule has 0 fully saturated rings. The Labute approximate surface area is 93.0 Å². The largest absolute Gasteiger partial charge is 0.347 e. The minimum absolute atomic E-state index is 0.199. The maximum atomic E-state index is 4.34. The summed E-state index contributed by atoms with van der Waals surface area (Å²) in [7, 11) is 1.97. The van der Waals surface area contributed by atoms with Crippen LogP contribution in [0.4, 0.5) is 5.95 Å². The second-order valence-electron chi connectivity index (χ2n) is 3.54. The van der Waals surface area contributed by atoms with Gasteiger partial charge in [-0.05, 0) is 13.8 Å². The van der Waals surface area contributed by atoms with E-state index >= 15 is 0 Å². The van der Waals surface area contributed by atoms with Gasteiger partial charge in [-0.3, -0.25) is 0 Å². The Morgan fingerprint density at radius 2 is 2.27 bits per heavy atom. The molecule has 0 aliphatic heterocycles. The van der Waals surface area contributed by atoms with Crippen LogP contribution in [0.1, 0.15) is 22.9 Å². The highest BCUT2D eigenvalue weighted by Crippen LogP contribution is 2.21. The van der Waals surface area contributed by atoms with Gasteiger partial charge in [0.15, 0.2) is 0 Å². The number of hydrogen-bond acceptors (Lipinski definition) is 4. The first-order valence-electron chi connectivity index (χ1n) is 4.83. The van der Waals surface area contributed by atoms with Crippen molar-refractivity contribution in [1.29, 1.82) is 0 Å². The molecule has 5 heteroatoms. The minimum Gasteiger partial charge on any atom is -0.347 e. The van der Waals surface area contributed by atoms with Gasteiger partial charge in [-0.2, -0.15) is 0 Å². The lowest BCUT2D eigenvalue weighted by atomic mass is 10.4. The Bertz CT molecular complexity index is 446. The molecule has 0 spiro atoms. The van der Waals surface area contributed by atoms with Crippen molar-refractivity contribution in [1.82, 2.24) is 14.5 Å². The smallest absolute Gasteiger partial charge is 0.203 e. The maximum Gasteiger partial charge on any atom is 0.203 e. The Kier molecular flexibility index (Phi) is 2.73. The van der Waals surface area contributed by atoms with Crippen LogP contribution < -0.4 is 5.32 Å². The van der Waals surface area contributed by atoms with E-state index in [1.54, 1.807) is 17.5 Å². The van der Waals surface area contributed by atoms with Gasteiger partial charge in [-0.25, -0.2) is 9.97 Å². The van der Waals surface area contributed by atoms with Gasteiger partial charge in [0, 0.05) is 30.5 Å². The first-order chi connectivity index (χ1) is 7.16. The van der Waals surface area contributed by atoms with Crippen molar-refractivity contribution in [2.24, 2.45) is 7.05 Å². The summed E-state index contributed by atoms with van der Waals surface area (Å²) >= 11 is 1.71. The molecule has 2 heterocycles. The summed E-state index contributed by atoms with van der Waals surface area (Å²) in [5.74, 6) is 0.871. The molecule has 2 aromatic heterocycles. The van der Waals surface area contributed by atoms with E-state index in [0.717, 1.165) is 11.0 Å². The average Bonchev–Trinajstić information content (AvgIpc) is 2.77. The van der Waals surface area contributed by atoms with Crippen molar-refractivity contribution >= 4 is 17.3 Å². The predicted octanol–water partition coefficient (Wildman–Crippen LogP) is 2.36. The third-order valence-corrected chi connectivity index (χ3v) is 3.27. The van der Waals surface area contributed by atoms with Gasteiger partial charge in [0.1, 0.15) is 5.01 Å². The molecule has 0 aliphatic carbocycles. The highest BCUT2D eigenvalue weighted by Gasteiger charge is 2.10. The van der Waals surface area contributed by atoms with Gasteiger partial charge < -0.3 is 9.88 Å². The zero-order chi connectivity index (χ0) is 10.8. The van der Waals surface area contributed by atoms with Crippen LogP contribution >= 0.6 is 11.3 Å². The quantitative estimate of drug-likeness (QED) is 0.867. The zero-order valence-corrected chi connectivity index (χ0v) is 9.88. The Hall–Kier alpha value is -1.36. The molecule has 0 amide bonds. The molecule has 0 radical (unpaired) electrons. The van der Waals surface area contributed by atoms with E-state index in [1.165, 1.54) is 4.88 Å². The van der Waals surface area contributed by atoms with Crippen molar-refractivity contribution in [3.8, 4) is 0 Å². The molecule has 2 aromatic rings. The molecule has 80 valence electrons. The number of aryl methyl sites for hydroxylation is 2. The number of thiazole rings is 1. The van der Waals surface area contributed by atoms with Crippen LogP contribution in [0.3, 0.4) is 0 Å². The Morgan fingerprint density at radius 3 is 2.80 bits per heavy atom. The summed E-state index contributed by atoms with van der Waals surface area (Å²) < 4.78 is 1.96. The average molecular weight is 222 g/mol.